The van der Waals surface area contributed by atoms with Crippen molar-refractivity contribution >= 4 is 10.1 Å². The Morgan fingerprint density at radius 1 is 0.453 bits per heavy atom. The standard InChI is InChI=1S/C40H52N4.CHF3O3S.Ag/c1-33-5-13-37(14-6-33)29-41-21-23-42(30-38-15-7-34(2)8-16-38)25-27-44(32-40-19-11-36(4)12-20-40)28-26-43(24-22-41)31-39-17-9-35(3)10-18-39;2-1(3,4)8(5,6)7;/h5-20H,21-32H2,1-4H3;(H,5,6,7);/q;;+1/p-1. The van der Waals surface area contributed by atoms with Crippen LogP contribution >= 0.6 is 0 Å². The number of halogens is 3. The summed E-state index contributed by atoms with van der Waals surface area (Å²) in [5.41, 5.74) is 5.27. The molecule has 0 amide bonds. The number of hydrogen-bond acceptors (Lipinski definition) is 7. The van der Waals surface area contributed by atoms with E-state index in [1.165, 1.54) is 44.5 Å². The van der Waals surface area contributed by atoms with E-state index >= 15 is 0 Å². The van der Waals surface area contributed by atoms with Crippen molar-refractivity contribution in [1.29, 1.82) is 0 Å². The van der Waals surface area contributed by atoms with E-state index in [2.05, 4.69) is 144 Å². The minimum absolute atomic E-state index is 0. The molecule has 0 radical (unpaired) electrons. The SMILES string of the molecule is Cc1ccc(CN2CCN(Cc3ccc(C)cc3)CCN(Cc3ccc(C)cc3)CCN(Cc3ccc(C)cc3)CC2)cc1.O=S(=O)([O-])C(F)(F)F.[Ag+]. The molecule has 1 saturated heterocycles. The zero-order chi connectivity index (χ0) is 37.7. The average molecular weight is 846 g/mol. The van der Waals surface area contributed by atoms with E-state index in [1.807, 2.05) is 0 Å². The van der Waals surface area contributed by atoms with Gasteiger partial charge in [0.2, 0.25) is 0 Å². The van der Waals surface area contributed by atoms with Crippen LogP contribution in [0, 0.1) is 27.7 Å². The Morgan fingerprint density at radius 3 is 0.736 bits per heavy atom. The third-order valence-corrected chi connectivity index (χ3v) is 9.89. The van der Waals surface area contributed by atoms with E-state index in [4.69, 9.17) is 13.0 Å². The second-order valence-electron chi connectivity index (χ2n) is 13.9. The average Bonchev–Trinajstić information content (AvgIpc) is 3.09. The van der Waals surface area contributed by atoms with E-state index in [1.54, 1.807) is 0 Å². The van der Waals surface area contributed by atoms with Gasteiger partial charge in [-0.3, -0.25) is 19.6 Å². The van der Waals surface area contributed by atoms with Crippen LogP contribution in [0.2, 0.25) is 0 Å². The van der Waals surface area contributed by atoms with Crippen LogP contribution in [-0.2, 0) is 58.7 Å². The summed E-state index contributed by atoms with van der Waals surface area (Å²) >= 11 is 0. The zero-order valence-electron chi connectivity index (χ0n) is 31.1. The van der Waals surface area contributed by atoms with E-state index in [0.717, 1.165) is 78.5 Å². The van der Waals surface area contributed by atoms with Crippen molar-refractivity contribution in [1.82, 2.24) is 19.6 Å². The first-order valence-corrected chi connectivity index (χ1v) is 19.2. The van der Waals surface area contributed by atoms with Gasteiger partial charge in [0.25, 0.3) is 0 Å². The molecule has 0 saturated carbocycles. The Bertz CT molecular complexity index is 1520. The van der Waals surface area contributed by atoms with Crippen molar-refractivity contribution in [2.75, 3.05) is 52.4 Å². The number of rotatable bonds is 8. The van der Waals surface area contributed by atoms with Gasteiger partial charge in [0.1, 0.15) is 0 Å². The van der Waals surface area contributed by atoms with Crippen LogP contribution in [0.3, 0.4) is 0 Å². The summed E-state index contributed by atoms with van der Waals surface area (Å²) in [5, 5.41) is 0. The van der Waals surface area contributed by atoms with Gasteiger partial charge in [-0.15, -0.1) is 0 Å². The van der Waals surface area contributed by atoms with Crippen LogP contribution in [-0.4, -0.2) is 90.4 Å². The molecule has 0 spiro atoms. The van der Waals surface area contributed by atoms with Gasteiger partial charge in [-0.1, -0.05) is 119 Å². The molecule has 292 valence electrons. The zero-order valence-corrected chi connectivity index (χ0v) is 33.4. The number of hydrogen-bond donors (Lipinski definition) is 0. The molecule has 5 rings (SSSR count). The molecule has 0 atom stereocenters. The predicted octanol–water partition coefficient (Wildman–Crippen LogP) is 7.29. The maximum atomic E-state index is 10.7. The van der Waals surface area contributed by atoms with Crippen LogP contribution in [0.25, 0.3) is 0 Å². The Labute approximate surface area is 330 Å². The summed E-state index contributed by atoms with van der Waals surface area (Å²) in [6, 6.07) is 36.5. The molecule has 1 fully saturated rings. The van der Waals surface area contributed by atoms with E-state index < -0.39 is 15.6 Å². The molecule has 53 heavy (non-hydrogen) atoms. The number of alkyl halides is 3. The third-order valence-electron chi connectivity index (χ3n) is 9.32. The fraction of sp³-hybridized carbons (Fsp3) is 0.415. The van der Waals surface area contributed by atoms with Gasteiger partial charge in [0.05, 0.1) is 0 Å². The summed E-state index contributed by atoms with van der Waals surface area (Å²) in [4.78, 5) is 10.7. The van der Waals surface area contributed by atoms with Gasteiger partial charge in [0, 0.05) is 78.5 Å². The van der Waals surface area contributed by atoms with Crippen LogP contribution in [0.5, 0.6) is 0 Å². The van der Waals surface area contributed by atoms with Crippen molar-refractivity contribution in [2.24, 2.45) is 0 Å². The summed E-state index contributed by atoms with van der Waals surface area (Å²) in [6.45, 7) is 21.2. The first-order valence-electron chi connectivity index (χ1n) is 17.8. The molecule has 1 aliphatic heterocycles. The van der Waals surface area contributed by atoms with Crippen molar-refractivity contribution in [2.45, 2.75) is 59.4 Å². The van der Waals surface area contributed by atoms with Gasteiger partial charge in [-0.25, -0.2) is 8.42 Å². The molecule has 7 nitrogen and oxygen atoms in total. The molecule has 0 aliphatic carbocycles. The summed E-state index contributed by atoms with van der Waals surface area (Å²) in [7, 11) is -6.09. The largest absolute Gasteiger partial charge is 1.00 e. The predicted molar refractivity (Wildman–Crippen MR) is 202 cm³/mol. The maximum Gasteiger partial charge on any atom is 1.00 e. The summed E-state index contributed by atoms with van der Waals surface area (Å²) in [5.74, 6) is 0. The second kappa shape index (κ2) is 21.3. The van der Waals surface area contributed by atoms with Gasteiger partial charge < -0.3 is 4.55 Å². The fourth-order valence-electron chi connectivity index (χ4n) is 6.02. The molecule has 12 heteroatoms. The first-order chi connectivity index (χ1) is 24.6. The van der Waals surface area contributed by atoms with Crippen molar-refractivity contribution in [3.63, 3.8) is 0 Å². The molecule has 1 heterocycles. The van der Waals surface area contributed by atoms with Crippen molar-refractivity contribution in [3.8, 4) is 0 Å². The van der Waals surface area contributed by atoms with Crippen LogP contribution in [0.15, 0.2) is 97.1 Å². The maximum absolute atomic E-state index is 10.7. The Kier molecular flexibility index (Phi) is 17.9. The normalized spacial score (nSPS) is 16.1. The Hall–Kier alpha value is -2.84. The quantitative estimate of drug-likeness (QED) is 0.105. The Morgan fingerprint density at radius 2 is 0.604 bits per heavy atom. The molecule has 0 aromatic heterocycles. The molecule has 0 N–H and O–H groups in total. The molecule has 0 bridgehead atoms. The molecule has 4 aromatic carbocycles. The Balaban J connectivity index is 0.000000755. The topological polar surface area (TPSA) is 70.2 Å². The molecule has 0 unspecified atom stereocenters. The minimum Gasteiger partial charge on any atom is -0.741 e. The van der Waals surface area contributed by atoms with Crippen LogP contribution in [0.1, 0.15) is 44.5 Å². The fourth-order valence-corrected chi connectivity index (χ4v) is 6.02. The van der Waals surface area contributed by atoms with Crippen LogP contribution in [0.4, 0.5) is 13.2 Å². The number of nitrogens with zero attached hydrogens (tertiary/aromatic N) is 4. The minimum atomic E-state index is -6.09. The van der Waals surface area contributed by atoms with Crippen molar-refractivity contribution in [3.05, 3.63) is 142 Å². The number of benzene rings is 4. The van der Waals surface area contributed by atoms with E-state index in [9.17, 15) is 13.2 Å². The summed E-state index contributed by atoms with van der Waals surface area (Å²) < 4.78 is 58.9. The smallest absolute Gasteiger partial charge is 0.741 e. The van der Waals surface area contributed by atoms with Gasteiger partial charge in [-0.2, -0.15) is 13.2 Å². The first kappa shape index (κ1) is 44.6. The van der Waals surface area contributed by atoms with E-state index in [-0.39, 0.29) is 22.4 Å². The van der Waals surface area contributed by atoms with Gasteiger partial charge >= 0.3 is 27.9 Å². The molecule has 1 aliphatic rings. The van der Waals surface area contributed by atoms with Gasteiger partial charge in [0.15, 0.2) is 10.1 Å². The second-order valence-corrected chi connectivity index (χ2v) is 15.3. The molecular weight excluding hydrogens is 793 g/mol. The monoisotopic (exact) mass is 844 g/mol. The van der Waals surface area contributed by atoms with Crippen molar-refractivity contribution < 1.29 is 48.5 Å². The molecular formula is C41H52AgF3N4O3S. The number of aryl methyl sites for hydroxylation is 4. The van der Waals surface area contributed by atoms with Crippen LogP contribution < -0.4 is 0 Å². The van der Waals surface area contributed by atoms with Gasteiger partial charge in [-0.05, 0) is 49.9 Å². The third kappa shape index (κ3) is 16.2. The van der Waals surface area contributed by atoms with E-state index in [0.29, 0.717) is 0 Å². The molecule has 4 aromatic rings. The summed E-state index contributed by atoms with van der Waals surface area (Å²) in [6.07, 6.45) is 0.